The van der Waals surface area contributed by atoms with E-state index in [2.05, 4.69) is 34.7 Å². The molecule has 2 amide bonds. The Kier molecular flexibility index (Phi) is 5.58. The minimum Gasteiger partial charge on any atom is -0.320 e. The summed E-state index contributed by atoms with van der Waals surface area (Å²) in [5.41, 5.74) is 6.97. The van der Waals surface area contributed by atoms with Crippen molar-refractivity contribution >= 4 is 6.03 Å². The first-order valence-electron chi connectivity index (χ1n) is 6.39. The third kappa shape index (κ3) is 3.69. The second kappa shape index (κ2) is 6.72. The van der Waals surface area contributed by atoms with Crippen molar-refractivity contribution in [3.63, 3.8) is 0 Å². The van der Waals surface area contributed by atoms with Crippen molar-refractivity contribution in [3.05, 3.63) is 12.2 Å². The molecule has 6 heteroatoms. The van der Waals surface area contributed by atoms with Crippen LogP contribution < -0.4 is 16.2 Å². The third-order valence-electron chi connectivity index (χ3n) is 3.19. The van der Waals surface area contributed by atoms with Crippen molar-refractivity contribution in [2.24, 2.45) is 0 Å². The molecule has 1 heterocycles. The number of hydrazine groups is 2. The number of amides is 2. The van der Waals surface area contributed by atoms with Gasteiger partial charge in [-0.15, -0.1) is 0 Å². The zero-order valence-electron chi connectivity index (χ0n) is 11.8. The van der Waals surface area contributed by atoms with E-state index in [0.717, 1.165) is 25.0 Å². The van der Waals surface area contributed by atoms with Crippen LogP contribution in [0.1, 0.15) is 26.7 Å². The van der Waals surface area contributed by atoms with Gasteiger partial charge in [-0.1, -0.05) is 19.1 Å². The summed E-state index contributed by atoms with van der Waals surface area (Å²) in [4.78, 5) is 11.7. The summed E-state index contributed by atoms with van der Waals surface area (Å²) in [7, 11) is 3.74. The van der Waals surface area contributed by atoms with Crippen LogP contribution >= 0.6 is 0 Å². The number of likely N-dealkylation sites (N-methyl/N-ethyl adjacent to an activating group) is 1. The fourth-order valence-corrected chi connectivity index (χ4v) is 2.25. The summed E-state index contributed by atoms with van der Waals surface area (Å²) in [5.74, 6) is 0. The van der Waals surface area contributed by atoms with E-state index in [1.165, 1.54) is 0 Å². The maximum atomic E-state index is 11.7. The number of carbonyl (C=O) groups excluding carboxylic acids is 1. The lowest BCUT2D eigenvalue weighted by Gasteiger charge is -2.32. The minimum absolute atomic E-state index is 0.0402. The van der Waals surface area contributed by atoms with Gasteiger partial charge in [0.25, 0.3) is 0 Å². The molecule has 104 valence electrons. The standard InChI is InChI=1S/C12H25N5O/c1-6-7-17(13-4)11-8-10(9(2)3)16(5)15-12(18)14-11/h10-11,13H,2,6-8H2,1,3-5H3,(H2,14,15,18). The lowest BCUT2D eigenvalue weighted by molar-refractivity contribution is 0.104. The van der Waals surface area contributed by atoms with Gasteiger partial charge in [0, 0.05) is 20.0 Å². The van der Waals surface area contributed by atoms with Crippen LogP contribution in [0.3, 0.4) is 0 Å². The molecule has 1 aliphatic rings. The molecular formula is C12H25N5O. The Morgan fingerprint density at radius 3 is 2.83 bits per heavy atom. The van der Waals surface area contributed by atoms with Crippen molar-refractivity contribution in [3.8, 4) is 0 Å². The lowest BCUT2D eigenvalue weighted by atomic mass is 10.0. The van der Waals surface area contributed by atoms with E-state index in [1.54, 1.807) is 0 Å². The molecule has 1 fully saturated rings. The average molecular weight is 255 g/mol. The number of urea groups is 1. The molecule has 0 saturated carbocycles. The van der Waals surface area contributed by atoms with E-state index in [9.17, 15) is 4.79 Å². The smallest absolute Gasteiger partial charge is 0.320 e. The average Bonchev–Trinajstić information content (AvgIpc) is 2.44. The summed E-state index contributed by atoms with van der Waals surface area (Å²) in [5, 5.41) is 6.83. The first-order valence-corrected chi connectivity index (χ1v) is 6.39. The Bertz CT molecular complexity index is 307. The molecule has 2 atom stereocenters. The van der Waals surface area contributed by atoms with Crippen LogP contribution in [-0.4, -0.2) is 48.9 Å². The van der Waals surface area contributed by atoms with Crippen LogP contribution in [0.25, 0.3) is 0 Å². The molecule has 2 unspecified atom stereocenters. The molecule has 0 radical (unpaired) electrons. The van der Waals surface area contributed by atoms with Crippen molar-refractivity contribution in [2.75, 3.05) is 20.6 Å². The molecule has 0 bridgehead atoms. The van der Waals surface area contributed by atoms with Crippen molar-refractivity contribution in [1.82, 2.24) is 26.2 Å². The highest BCUT2D eigenvalue weighted by molar-refractivity contribution is 5.74. The fourth-order valence-electron chi connectivity index (χ4n) is 2.25. The molecule has 1 aliphatic heterocycles. The predicted molar refractivity (Wildman–Crippen MR) is 72.5 cm³/mol. The molecule has 1 rings (SSSR count). The summed E-state index contributed by atoms with van der Waals surface area (Å²) < 4.78 is 0. The van der Waals surface area contributed by atoms with Crippen LogP contribution in [0.15, 0.2) is 12.2 Å². The number of nitrogens with zero attached hydrogens (tertiary/aromatic N) is 2. The Morgan fingerprint density at radius 1 is 1.67 bits per heavy atom. The van der Waals surface area contributed by atoms with Gasteiger partial charge >= 0.3 is 6.03 Å². The Labute approximate surface area is 109 Å². The summed E-state index contributed by atoms with van der Waals surface area (Å²) >= 11 is 0. The molecule has 3 N–H and O–H groups in total. The lowest BCUT2D eigenvalue weighted by Crippen LogP contribution is -2.54. The topological polar surface area (TPSA) is 59.6 Å². The van der Waals surface area contributed by atoms with Crippen LogP contribution in [0.4, 0.5) is 4.79 Å². The molecular weight excluding hydrogens is 230 g/mol. The summed E-state index contributed by atoms with van der Waals surface area (Å²) in [6, 6.07) is -0.0516. The zero-order chi connectivity index (χ0) is 13.7. The monoisotopic (exact) mass is 255 g/mol. The van der Waals surface area contributed by atoms with Gasteiger partial charge in [-0.3, -0.25) is 10.9 Å². The number of carbonyl (C=O) groups is 1. The van der Waals surface area contributed by atoms with Gasteiger partial charge in [0.1, 0.15) is 0 Å². The predicted octanol–water partition coefficient (Wildman–Crippen LogP) is 0.653. The highest BCUT2D eigenvalue weighted by atomic mass is 16.2. The third-order valence-corrected chi connectivity index (χ3v) is 3.19. The van der Waals surface area contributed by atoms with Crippen LogP contribution in [0, 0.1) is 0 Å². The second-order valence-corrected chi connectivity index (χ2v) is 4.73. The quantitative estimate of drug-likeness (QED) is 0.499. The normalized spacial score (nSPS) is 25.5. The van der Waals surface area contributed by atoms with Crippen LogP contribution in [-0.2, 0) is 0 Å². The molecule has 0 aromatic rings. The van der Waals surface area contributed by atoms with E-state index < -0.39 is 0 Å². The minimum atomic E-state index is -0.178. The molecule has 0 spiro atoms. The van der Waals surface area contributed by atoms with Gasteiger partial charge in [0.15, 0.2) is 0 Å². The fraction of sp³-hybridized carbons (Fsp3) is 0.750. The van der Waals surface area contributed by atoms with Gasteiger partial charge in [0.2, 0.25) is 0 Å². The number of rotatable bonds is 5. The van der Waals surface area contributed by atoms with Crippen LogP contribution in [0.5, 0.6) is 0 Å². The van der Waals surface area contributed by atoms with E-state index in [0.29, 0.717) is 0 Å². The van der Waals surface area contributed by atoms with Gasteiger partial charge in [-0.05, 0) is 20.4 Å². The van der Waals surface area contributed by atoms with Gasteiger partial charge in [-0.2, -0.15) is 0 Å². The maximum Gasteiger partial charge on any atom is 0.330 e. The second-order valence-electron chi connectivity index (χ2n) is 4.73. The van der Waals surface area contributed by atoms with Gasteiger partial charge in [0.05, 0.1) is 12.2 Å². The van der Waals surface area contributed by atoms with E-state index >= 15 is 0 Å². The number of hydrogen-bond donors (Lipinski definition) is 3. The van der Waals surface area contributed by atoms with E-state index in [4.69, 9.17) is 0 Å². The highest BCUT2D eigenvalue weighted by Crippen LogP contribution is 2.16. The van der Waals surface area contributed by atoms with Crippen molar-refractivity contribution in [2.45, 2.75) is 38.9 Å². The molecule has 18 heavy (non-hydrogen) atoms. The van der Waals surface area contributed by atoms with E-state index in [-0.39, 0.29) is 18.2 Å². The van der Waals surface area contributed by atoms with Crippen LogP contribution in [0.2, 0.25) is 0 Å². The molecule has 6 nitrogen and oxygen atoms in total. The Hall–Kier alpha value is -1.11. The largest absolute Gasteiger partial charge is 0.330 e. The molecule has 0 aliphatic carbocycles. The molecule has 0 aromatic heterocycles. The highest BCUT2D eigenvalue weighted by Gasteiger charge is 2.30. The zero-order valence-corrected chi connectivity index (χ0v) is 11.8. The van der Waals surface area contributed by atoms with Gasteiger partial charge < -0.3 is 5.32 Å². The van der Waals surface area contributed by atoms with E-state index in [1.807, 2.05) is 26.0 Å². The number of hydrogen-bond acceptors (Lipinski definition) is 4. The summed E-state index contributed by atoms with van der Waals surface area (Å²) in [6.45, 7) is 8.98. The van der Waals surface area contributed by atoms with Gasteiger partial charge in [-0.25, -0.2) is 14.8 Å². The Balaban J connectivity index is 2.83. The molecule has 1 saturated heterocycles. The number of nitrogens with one attached hydrogen (secondary N) is 3. The summed E-state index contributed by atoms with van der Waals surface area (Å²) in [6.07, 6.45) is 1.78. The Morgan fingerprint density at radius 2 is 2.33 bits per heavy atom. The SMILES string of the molecule is C=C(C)C1CC(N(CCC)NC)NC(=O)NN1C. The van der Waals surface area contributed by atoms with Crippen molar-refractivity contribution < 1.29 is 4.79 Å². The molecule has 0 aromatic carbocycles. The maximum absolute atomic E-state index is 11.7. The first-order chi connectivity index (χ1) is 8.49. The van der Waals surface area contributed by atoms with Crippen molar-refractivity contribution in [1.29, 1.82) is 0 Å². The first kappa shape index (κ1) is 14.9.